The van der Waals surface area contributed by atoms with Crippen molar-refractivity contribution in [1.29, 1.82) is 0 Å². The van der Waals surface area contributed by atoms with Crippen LogP contribution in [0.5, 0.6) is 5.75 Å². The summed E-state index contributed by atoms with van der Waals surface area (Å²) in [7, 11) is 0. The highest BCUT2D eigenvalue weighted by Crippen LogP contribution is 2.31. The molecule has 0 aliphatic carbocycles. The molecule has 4 aromatic carbocycles. The third-order valence-corrected chi connectivity index (χ3v) is 4.22. The summed E-state index contributed by atoms with van der Waals surface area (Å²) in [6, 6.07) is 23.2. The molecule has 0 aliphatic rings. The van der Waals surface area contributed by atoms with E-state index < -0.39 is 0 Å². The molecule has 0 aromatic heterocycles. The smallest absolute Gasteiger partial charge is 0.124 e. The lowest BCUT2D eigenvalue weighted by Gasteiger charge is -2.07. The van der Waals surface area contributed by atoms with Crippen LogP contribution in [0.25, 0.3) is 21.5 Å². The molecule has 0 saturated carbocycles. The first-order chi connectivity index (χ1) is 11.7. The summed E-state index contributed by atoms with van der Waals surface area (Å²) in [4.78, 5) is 4.62. The Kier molecular flexibility index (Phi) is 3.39. The number of rotatable bonds is 2. The van der Waals surface area contributed by atoms with Crippen molar-refractivity contribution >= 4 is 39.1 Å². The number of nitrogens with zero attached hydrogens (tertiary/aromatic N) is 1. The molecule has 0 fully saturated rings. The van der Waals surface area contributed by atoms with E-state index >= 15 is 0 Å². The molecule has 3 nitrogen and oxygen atoms in total. The Balaban J connectivity index is 1.88. The Bertz CT molecular complexity index is 1080. The molecule has 0 atom stereocenters. The molecule has 4 rings (SSSR count). The SMILES string of the molecule is Nc1ccc(N=Cc2c(O)ccc3ccccc23)c2ccccc12. The summed E-state index contributed by atoms with van der Waals surface area (Å²) < 4.78 is 0. The molecule has 24 heavy (non-hydrogen) atoms. The number of fused-ring (bicyclic) bond motifs is 2. The van der Waals surface area contributed by atoms with Crippen LogP contribution < -0.4 is 5.73 Å². The number of benzene rings is 4. The first kappa shape index (κ1) is 14.3. The van der Waals surface area contributed by atoms with Crippen molar-refractivity contribution in [3.8, 4) is 5.75 Å². The van der Waals surface area contributed by atoms with Gasteiger partial charge in [-0.25, -0.2) is 0 Å². The minimum Gasteiger partial charge on any atom is -0.507 e. The molecule has 0 unspecified atom stereocenters. The predicted molar refractivity (Wildman–Crippen MR) is 101 cm³/mol. The average Bonchev–Trinajstić information content (AvgIpc) is 2.63. The predicted octanol–water partition coefficient (Wildman–Crippen LogP) is 5.03. The molecule has 116 valence electrons. The fourth-order valence-corrected chi connectivity index (χ4v) is 2.97. The molecule has 0 saturated heterocycles. The van der Waals surface area contributed by atoms with Gasteiger partial charge in [-0.2, -0.15) is 0 Å². The van der Waals surface area contributed by atoms with E-state index in [1.165, 1.54) is 0 Å². The van der Waals surface area contributed by atoms with E-state index in [1.807, 2.05) is 66.7 Å². The number of phenolic OH excluding ortho intramolecular Hbond substituents is 1. The number of aromatic hydroxyl groups is 1. The van der Waals surface area contributed by atoms with Crippen molar-refractivity contribution in [2.24, 2.45) is 4.99 Å². The number of nitrogen functional groups attached to an aromatic ring is 1. The van der Waals surface area contributed by atoms with Gasteiger partial charge >= 0.3 is 0 Å². The molecule has 0 spiro atoms. The molecular formula is C21H16N2O. The number of aliphatic imine (C=N–C) groups is 1. The van der Waals surface area contributed by atoms with Crippen LogP contribution >= 0.6 is 0 Å². The fourth-order valence-electron chi connectivity index (χ4n) is 2.97. The largest absolute Gasteiger partial charge is 0.507 e. The van der Waals surface area contributed by atoms with E-state index in [1.54, 1.807) is 12.3 Å². The Labute approximate surface area is 139 Å². The van der Waals surface area contributed by atoms with Gasteiger partial charge in [0.25, 0.3) is 0 Å². The summed E-state index contributed by atoms with van der Waals surface area (Å²) in [6.45, 7) is 0. The fraction of sp³-hybridized carbons (Fsp3) is 0. The van der Waals surface area contributed by atoms with Crippen LogP contribution in [0, 0.1) is 0 Å². The van der Waals surface area contributed by atoms with Gasteiger partial charge < -0.3 is 10.8 Å². The van der Waals surface area contributed by atoms with E-state index in [9.17, 15) is 5.11 Å². The summed E-state index contributed by atoms with van der Waals surface area (Å²) in [6.07, 6.45) is 1.72. The maximum Gasteiger partial charge on any atom is 0.124 e. The maximum absolute atomic E-state index is 10.2. The maximum atomic E-state index is 10.2. The van der Waals surface area contributed by atoms with Gasteiger partial charge in [-0.15, -0.1) is 0 Å². The third-order valence-electron chi connectivity index (χ3n) is 4.22. The zero-order valence-electron chi connectivity index (χ0n) is 13.0. The molecule has 0 bridgehead atoms. The van der Waals surface area contributed by atoms with E-state index in [4.69, 9.17) is 5.73 Å². The number of anilines is 1. The van der Waals surface area contributed by atoms with Gasteiger partial charge in [0.05, 0.1) is 5.69 Å². The number of hydrogen-bond acceptors (Lipinski definition) is 3. The molecular weight excluding hydrogens is 296 g/mol. The lowest BCUT2D eigenvalue weighted by atomic mass is 10.0. The second-order valence-electron chi connectivity index (χ2n) is 5.70. The highest BCUT2D eigenvalue weighted by atomic mass is 16.3. The molecule has 0 amide bonds. The topological polar surface area (TPSA) is 58.6 Å². The van der Waals surface area contributed by atoms with Gasteiger partial charge in [-0.05, 0) is 29.0 Å². The summed E-state index contributed by atoms with van der Waals surface area (Å²) in [5.74, 6) is 0.220. The summed E-state index contributed by atoms with van der Waals surface area (Å²) >= 11 is 0. The summed E-state index contributed by atoms with van der Waals surface area (Å²) in [5, 5.41) is 14.2. The van der Waals surface area contributed by atoms with Crippen LogP contribution in [-0.2, 0) is 0 Å². The Hall–Kier alpha value is -3.33. The molecule has 3 heteroatoms. The zero-order chi connectivity index (χ0) is 16.5. The van der Waals surface area contributed by atoms with Crippen LogP contribution in [0.2, 0.25) is 0 Å². The van der Waals surface area contributed by atoms with Crippen molar-refractivity contribution < 1.29 is 5.11 Å². The second-order valence-corrected chi connectivity index (χ2v) is 5.70. The minimum absolute atomic E-state index is 0.220. The number of hydrogen-bond donors (Lipinski definition) is 2. The van der Waals surface area contributed by atoms with Gasteiger partial charge in [-0.1, -0.05) is 54.6 Å². The van der Waals surface area contributed by atoms with Crippen molar-refractivity contribution in [1.82, 2.24) is 0 Å². The normalized spacial score (nSPS) is 11.5. The third kappa shape index (κ3) is 2.36. The van der Waals surface area contributed by atoms with E-state index in [-0.39, 0.29) is 5.75 Å². The van der Waals surface area contributed by atoms with Crippen molar-refractivity contribution in [2.45, 2.75) is 0 Å². The Morgan fingerprint density at radius 1 is 0.750 bits per heavy atom. The average molecular weight is 312 g/mol. The van der Waals surface area contributed by atoms with Gasteiger partial charge in [0, 0.05) is 28.2 Å². The van der Waals surface area contributed by atoms with Crippen LogP contribution in [0.3, 0.4) is 0 Å². The van der Waals surface area contributed by atoms with E-state index in [0.29, 0.717) is 5.56 Å². The Morgan fingerprint density at radius 2 is 1.46 bits per heavy atom. The van der Waals surface area contributed by atoms with Gasteiger partial charge in [0.1, 0.15) is 5.75 Å². The van der Waals surface area contributed by atoms with Crippen molar-refractivity contribution in [3.05, 3.63) is 78.4 Å². The first-order valence-electron chi connectivity index (χ1n) is 7.76. The molecule has 0 radical (unpaired) electrons. The lowest BCUT2D eigenvalue weighted by Crippen LogP contribution is -1.88. The quantitative estimate of drug-likeness (QED) is 0.403. The number of nitrogens with two attached hydrogens (primary N) is 1. The van der Waals surface area contributed by atoms with E-state index in [2.05, 4.69) is 4.99 Å². The van der Waals surface area contributed by atoms with E-state index in [0.717, 1.165) is 32.9 Å². The van der Waals surface area contributed by atoms with Crippen LogP contribution in [0.1, 0.15) is 5.56 Å². The molecule has 0 aliphatic heterocycles. The highest BCUT2D eigenvalue weighted by molar-refractivity contribution is 6.05. The van der Waals surface area contributed by atoms with Crippen LogP contribution in [0.15, 0.2) is 77.8 Å². The zero-order valence-corrected chi connectivity index (χ0v) is 13.0. The van der Waals surface area contributed by atoms with Gasteiger partial charge in [0.15, 0.2) is 0 Å². The molecule has 3 N–H and O–H groups in total. The monoisotopic (exact) mass is 312 g/mol. The highest BCUT2D eigenvalue weighted by Gasteiger charge is 2.06. The van der Waals surface area contributed by atoms with Crippen molar-refractivity contribution in [3.63, 3.8) is 0 Å². The molecule has 0 heterocycles. The van der Waals surface area contributed by atoms with Gasteiger partial charge in [-0.3, -0.25) is 4.99 Å². The standard InChI is InChI=1S/C21H16N2O/c22-19-10-11-20(17-8-4-3-7-16(17)19)23-13-18-15-6-2-1-5-14(15)9-12-21(18)24/h1-13,24H,22H2. The van der Waals surface area contributed by atoms with Gasteiger partial charge in [0.2, 0.25) is 0 Å². The van der Waals surface area contributed by atoms with Crippen LogP contribution in [-0.4, -0.2) is 11.3 Å². The van der Waals surface area contributed by atoms with Crippen molar-refractivity contribution in [2.75, 3.05) is 5.73 Å². The second kappa shape index (κ2) is 5.70. The minimum atomic E-state index is 0.220. The first-order valence-corrected chi connectivity index (χ1v) is 7.76. The summed E-state index contributed by atoms with van der Waals surface area (Å²) in [5.41, 5.74) is 8.32. The lowest BCUT2D eigenvalue weighted by molar-refractivity contribution is 0.475. The molecule has 4 aromatic rings. The Morgan fingerprint density at radius 3 is 2.29 bits per heavy atom. The number of phenols is 1. The van der Waals surface area contributed by atoms with Crippen LogP contribution in [0.4, 0.5) is 11.4 Å².